The van der Waals surface area contributed by atoms with E-state index in [2.05, 4.69) is 5.32 Å². The molecule has 6 heterocycles. The first kappa shape index (κ1) is 62.5. The molecule has 6 aliphatic rings. The number of hydrogen-bond acceptors (Lipinski definition) is 31. The summed E-state index contributed by atoms with van der Waals surface area (Å²) in [6.45, 7) is -1.86. The molecule has 0 aromatic rings. The van der Waals surface area contributed by atoms with E-state index in [1.54, 1.807) is 0 Å². The average molecular weight is 1100 g/mol. The second-order valence-electron chi connectivity index (χ2n) is 19.2. The van der Waals surface area contributed by atoms with Gasteiger partial charge in [-0.3, -0.25) is 4.79 Å². The Labute approximate surface area is 428 Å². The number of aliphatic hydroxyl groups excluding tert-OH is 17. The molecule has 12 unspecified atom stereocenters. The normalized spacial score (nSPS) is 48.9. The van der Waals surface area contributed by atoms with Gasteiger partial charge in [0.2, 0.25) is 5.91 Å². The van der Waals surface area contributed by atoms with Crippen LogP contribution in [0.1, 0.15) is 33.1 Å². The van der Waals surface area contributed by atoms with Gasteiger partial charge in [0.15, 0.2) is 37.7 Å². The molecule has 0 saturated carbocycles. The minimum absolute atomic E-state index is 0.111. The van der Waals surface area contributed by atoms with Gasteiger partial charge in [-0.25, -0.2) is 0 Å². The SMILES string of the molecule is CC(=O)NC1[C@H](O[C@@H]2C(O)[C@@H](O[C@H]3C(CO)O[C@@H](O[C@@H]4C(CO)O[C@@H](OCCCCCN)C(O)[C@H]4O)C(O)[C@H]3O)OC(CO)[C@@H]2O)OC(CO)[C@H](O)[C@@H]1O[C@@H]1OC(CO)[C@H](O)[C@H](O)C1O[C@@H]1OC(C)[C@@H](O)[C@H](O)C1O. The number of rotatable bonds is 22. The van der Waals surface area contributed by atoms with Crippen molar-refractivity contribution in [2.75, 3.05) is 46.2 Å². The second-order valence-corrected chi connectivity index (χ2v) is 19.2. The lowest BCUT2D eigenvalue weighted by Crippen LogP contribution is -2.70. The van der Waals surface area contributed by atoms with Gasteiger partial charge in [-0.2, -0.15) is 0 Å². The number of amides is 1. The lowest BCUT2D eigenvalue weighted by atomic mass is 9.94. The van der Waals surface area contributed by atoms with Crippen LogP contribution in [-0.2, 0) is 61.6 Å². The van der Waals surface area contributed by atoms with E-state index in [9.17, 15) is 91.6 Å². The van der Waals surface area contributed by atoms with Crippen LogP contribution >= 0.6 is 0 Å². The van der Waals surface area contributed by atoms with Crippen LogP contribution < -0.4 is 11.1 Å². The third kappa shape index (κ3) is 14.1. The van der Waals surface area contributed by atoms with E-state index in [0.29, 0.717) is 19.4 Å². The van der Waals surface area contributed by atoms with Crippen LogP contribution in [0.5, 0.6) is 0 Å². The van der Waals surface area contributed by atoms with Crippen LogP contribution in [0, 0.1) is 0 Å². The second kappa shape index (κ2) is 28.1. The molecule has 0 radical (unpaired) electrons. The Hall–Kier alpha value is -1.73. The lowest BCUT2D eigenvalue weighted by Gasteiger charge is -2.51. The van der Waals surface area contributed by atoms with Crippen LogP contribution in [0.2, 0.25) is 0 Å². The summed E-state index contributed by atoms with van der Waals surface area (Å²) < 4.78 is 69.1. The highest BCUT2D eigenvalue weighted by Crippen LogP contribution is 2.37. The fourth-order valence-electron chi connectivity index (χ4n) is 9.59. The van der Waals surface area contributed by atoms with Gasteiger partial charge in [0.25, 0.3) is 0 Å². The molecular weight excluding hydrogens is 1020 g/mol. The molecule has 20 N–H and O–H groups in total. The summed E-state index contributed by atoms with van der Waals surface area (Å²) >= 11 is 0. The van der Waals surface area contributed by atoms with Crippen molar-refractivity contribution in [3.8, 4) is 0 Å². The van der Waals surface area contributed by atoms with E-state index in [4.69, 9.17) is 62.6 Å². The standard InChI is InChI=1S/C43H76N2O30/c1-13-21(52)25(56)29(60)40(65-13)75-37-26(57)22(53)15(8-46)68-43(37)73-35-20(45-14(2)51)38(66-16(9-47)23(35)54)74-36-24(55)17(10-48)67-42(32(36)63)72-34-19(12-50)70-41(31(62)28(34)59)71-33-18(11-49)69-39(30(61)27(33)58)64-7-5-3-4-6-44/h13,15-43,46-50,52-63H,3-12,44H2,1-2H3,(H,45,51)/t13?,15?,16?,17?,18?,19?,20?,21-,22+,23+,24+,25+,26+,27-,28-,29?,30?,31?,32?,33-,34+,35-,36+,37?,38+,39-,40+,41+,42-,43+/m1/s1. The highest BCUT2D eigenvalue weighted by atomic mass is 16.8. The van der Waals surface area contributed by atoms with Crippen molar-refractivity contribution < 1.29 is 148 Å². The van der Waals surface area contributed by atoms with Crippen LogP contribution in [0.25, 0.3) is 0 Å². The fourth-order valence-corrected chi connectivity index (χ4v) is 9.59. The zero-order chi connectivity index (χ0) is 55.2. The quantitative estimate of drug-likeness (QED) is 0.0448. The minimum Gasteiger partial charge on any atom is -0.394 e. The van der Waals surface area contributed by atoms with E-state index < -0.39 is 223 Å². The molecule has 6 aliphatic heterocycles. The number of aliphatic hydroxyl groups is 17. The zero-order valence-corrected chi connectivity index (χ0v) is 40.9. The summed E-state index contributed by atoms with van der Waals surface area (Å²) in [5.41, 5.74) is 5.51. The average Bonchev–Trinajstić information content (AvgIpc) is 3.39. The van der Waals surface area contributed by atoms with E-state index in [1.165, 1.54) is 6.92 Å². The third-order valence-corrected chi connectivity index (χ3v) is 13.9. The molecule has 6 rings (SSSR count). The van der Waals surface area contributed by atoms with Crippen molar-refractivity contribution in [2.45, 2.75) is 217 Å². The van der Waals surface area contributed by atoms with E-state index >= 15 is 0 Å². The number of carbonyl (C=O) groups excluding carboxylic acids is 1. The number of unbranched alkanes of at least 4 members (excludes halogenated alkanes) is 2. The molecular formula is C43H76N2O30. The minimum atomic E-state index is -2.21. The molecule has 1 amide bonds. The summed E-state index contributed by atoms with van der Waals surface area (Å²) in [7, 11) is 0. The van der Waals surface area contributed by atoms with Gasteiger partial charge in [0.1, 0.15) is 140 Å². The Morgan fingerprint density at radius 2 is 0.827 bits per heavy atom. The van der Waals surface area contributed by atoms with Gasteiger partial charge in [-0.15, -0.1) is 0 Å². The van der Waals surface area contributed by atoms with E-state index in [0.717, 1.165) is 13.3 Å². The Balaban J connectivity index is 1.20. The summed E-state index contributed by atoms with van der Waals surface area (Å²) in [6, 6.07) is -1.78. The third-order valence-electron chi connectivity index (χ3n) is 13.9. The molecule has 438 valence electrons. The molecule has 0 aliphatic carbocycles. The maximum atomic E-state index is 12.8. The maximum Gasteiger partial charge on any atom is 0.217 e. The maximum absolute atomic E-state index is 12.8. The highest BCUT2D eigenvalue weighted by Gasteiger charge is 2.58. The van der Waals surface area contributed by atoms with Gasteiger partial charge in [0, 0.05) is 13.5 Å². The topological polar surface area (TPSA) is 510 Å². The summed E-state index contributed by atoms with van der Waals surface area (Å²) in [5, 5.41) is 186. The Kier molecular flexibility index (Phi) is 23.4. The van der Waals surface area contributed by atoms with Crippen molar-refractivity contribution >= 4 is 5.91 Å². The van der Waals surface area contributed by atoms with Crippen molar-refractivity contribution in [3.63, 3.8) is 0 Å². The molecule has 0 aromatic heterocycles. The summed E-state index contributed by atoms with van der Waals surface area (Å²) in [5.74, 6) is -0.858. The van der Waals surface area contributed by atoms with Gasteiger partial charge >= 0.3 is 0 Å². The Morgan fingerprint density at radius 3 is 1.39 bits per heavy atom. The van der Waals surface area contributed by atoms with Gasteiger partial charge in [0.05, 0.1) is 39.1 Å². The molecule has 0 bridgehead atoms. The largest absolute Gasteiger partial charge is 0.394 e. The Morgan fingerprint density at radius 1 is 0.413 bits per heavy atom. The summed E-state index contributed by atoms with van der Waals surface area (Å²) in [6.07, 6.45) is -51.2. The van der Waals surface area contributed by atoms with E-state index in [1.807, 2.05) is 0 Å². The predicted molar refractivity (Wildman–Crippen MR) is 236 cm³/mol. The van der Waals surface area contributed by atoms with Crippen LogP contribution in [0.3, 0.4) is 0 Å². The number of nitrogens with two attached hydrogens (primary N) is 1. The van der Waals surface area contributed by atoms with Crippen molar-refractivity contribution in [3.05, 3.63) is 0 Å². The first-order chi connectivity index (χ1) is 35.7. The van der Waals surface area contributed by atoms with Crippen molar-refractivity contribution in [1.82, 2.24) is 5.32 Å². The molecule has 30 atom stereocenters. The lowest BCUT2D eigenvalue weighted by molar-refractivity contribution is -0.393. The van der Waals surface area contributed by atoms with E-state index in [-0.39, 0.29) is 6.61 Å². The molecule has 0 spiro atoms. The fraction of sp³-hybridized carbons (Fsp3) is 0.977. The number of carbonyl (C=O) groups is 1. The number of nitrogens with one attached hydrogen (secondary N) is 1. The molecule has 32 nitrogen and oxygen atoms in total. The first-order valence-corrected chi connectivity index (χ1v) is 24.7. The van der Waals surface area contributed by atoms with Gasteiger partial charge in [-0.05, 0) is 32.7 Å². The van der Waals surface area contributed by atoms with Crippen molar-refractivity contribution in [1.29, 1.82) is 0 Å². The molecule has 75 heavy (non-hydrogen) atoms. The number of hydrogen-bond donors (Lipinski definition) is 19. The van der Waals surface area contributed by atoms with Gasteiger partial charge < -0.3 is 155 Å². The summed E-state index contributed by atoms with van der Waals surface area (Å²) in [4.78, 5) is 12.8. The van der Waals surface area contributed by atoms with Crippen LogP contribution in [0.15, 0.2) is 0 Å². The van der Waals surface area contributed by atoms with Crippen molar-refractivity contribution in [2.24, 2.45) is 5.73 Å². The smallest absolute Gasteiger partial charge is 0.217 e. The predicted octanol–water partition coefficient (Wildman–Crippen LogP) is -11.8. The van der Waals surface area contributed by atoms with Crippen LogP contribution in [0.4, 0.5) is 0 Å². The molecule has 6 saturated heterocycles. The molecule has 0 aromatic carbocycles. The first-order valence-electron chi connectivity index (χ1n) is 24.7. The monoisotopic (exact) mass is 1100 g/mol. The molecule has 6 fully saturated rings. The highest BCUT2D eigenvalue weighted by molar-refractivity contribution is 5.73. The number of ether oxygens (including phenoxy) is 12. The Bertz CT molecular complexity index is 1720. The van der Waals surface area contributed by atoms with Gasteiger partial charge in [-0.1, -0.05) is 0 Å². The molecule has 32 heteroatoms. The van der Waals surface area contributed by atoms with Crippen LogP contribution in [-0.4, -0.2) is 323 Å². The zero-order valence-electron chi connectivity index (χ0n) is 40.9.